The SMILES string of the molecule is Cc1c2c(c(C(N)=O)n(-c3ccc(S(N)(=O)=O)cc3)c1=O)CCN(C)C2=O. The van der Waals surface area contributed by atoms with Crippen LogP contribution >= 0.6 is 0 Å². The maximum absolute atomic E-state index is 12.9. The molecule has 3 rings (SSSR count). The molecule has 0 radical (unpaired) electrons. The van der Waals surface area contributed by atoms with Crippen molar-refractivity contribution in [2.75, 3.05) is 13.6 Å². The molecule has 10 heteroatoms. The van der Waals surface area contributed by atoms with E-state index in [4.69, 9.17) is 10.9 Å². The van der Waals surface area contributed by atoms with Crippen LogP contribution in [0.5, 0.6) is 0 Å². The molecular weight excluding hydrogens is 372 g/mol. The van der Waals surface area contributed by atoms with Gasteiger partial charge in [0.25, 0.3) is 17.4 Å². The highest BCUT2D eigenvalue weighted by Gasteiger charge is 2.31. The summed E-state index contributed by atoms with van der Waals surface area (Å²) in [5.41, 5.74) is 5.94. The minimum absolute atomic E-state index is 0.0783. The zero-order chi connectivity index (χ0) is 20.1. The summed E-state index contributed by atoms with van der Waals surface area (Å²) >= 11 is 0. The van der Waals surface area contributed by atoms with Crippen molar-refractivity contribution in [1.29, 1.82) is 0 Å². The van der Waals surface area contributed by atoms with Gasteiger partial charge in [0.15, 0.2) is 0 Å². The van der Waals surface area contributed by atoms with Crippen LogP contribution in [0.25, 0.3) is 5.69 Å². The summed E-state index contributed by atoms with van der Waals surface area (Å²) in [5, 5.41) is 5.08. The quantitative estimate of drug-likeness (QED) is 0.727. The smallest absolute Gasteiger partial charge is 0.266 e. The number of primary amides is 1. The lowest BCUT2D eigenvalue weighted by atomic mass is 9.93. The number of hydrogen-bond donors (Lipinski definition) is 2. The highest BCUT2D eigenvalue weighted by atomic mass is 32.2. The fourth-order valence-electron chi connectivity index (χ4n) is 3.25. The van der Waals surface area contributed by atoms with Crippen LogP contribution in [0.15, 0.2) is 34.0 Å². The van der Waals surface area contributed by atoms with Crippen molar-refractivity contribution in [2.45, 2.75) is 18.2 Å². The van der Waals surface area contributed by atoms with Gasteiger partial charge in [0.05, 0.1) is 10.5 Å². The van der Waals surface area contributed by atoms with Crippen LogP contribution in [-0.2, 0) is 16.4 Å². The third-order valence-corrected chi connectivity index (χ3v) is 5.55. The molecule has 0 saturated carbocycles. The molecule has 4 N–H and O–H groups in total. The maximum Gasteiger partial charge on any atom is 0.266 e. The Labute approximate surface area is 155 Å². The van der Waals surface area contributed by atoms with Crippen molar-refractivity contribution in [3.05, 3.63) is 57.0 Å². The number of nitrogens with two attached hydrogens (primary N) is 2. The first-order valence-electron chi connectivity index (χ1n) is 8.01. The van der Waals surface area contributed by atoms with Gasteiger partial charge in [0, 0.05) is 24.8 Å². The molecule has 0 atom stereocenters. The molecule has 27 heavy (non-hydrogen) atoms. The average Bonchev–Trinajstić information content (AvgIpc) is 2.59. The van der Waals surface area contributed by atoms with E-state index >= 15 is 0 Å². The van der Waals surface area contributed by atoms with Gasteiger partial charge in [-0.3, -0.25) is 19.0 Å². The minimum atomic E-state index is -3.90. The highest BCUT2D eigenvalue weighted by Crippen LogP contribution is 2.25. The molecule has 0 aliphatic carbocycles. The van der Waals surface area contributed by atoms with Crippen molar-refractivity contribution in [3.8, 4) is 5.69 Å². The number of benzene rings is 1. The third kappa shape index (κ3) is 3.02. The van der Waals surface area contributed by atoms with Crippen molar-refractivity contribution in [2.24, 2.45) is 10.9 Å². The first-order valence-corrected chi connectivity index (χ1v) is 9.55. The standard InChI is InChI=1S/C17H18N4O5S/c1-9-13-12(7-8-20(2)17(13)24)14(15(18)22)21(16(9)23)10-3-5-11(6-4-10)27(19,25)26/h3-6H,7-8H2,1-2H3,(H2,18,22)(H2,19,25,26). The number of amides is 2. The monoisotopic (exact) mass is 390 g/mol. The van der Waals surface area contributed by atoms with E-state index in [-0.39, 0.29) is 33.3 Å². The van der Waals surface area contributed by atoms with E-state index in [9.17, 15) is 22.8 Å². The van der Waals surface area contributed by atoms with Gasteiger partial charge in [0.2, 0.25) is 10.0 Å². The lowest BCUT2D eigenvalue weighted by Crippen LogP contribution is -2.41. The van der Waals surface area contributed by atoms with Crippen molar-refractivity contribution >= 4 is 21.8 Å². The normalized spacial score (nSPS) is 14.2. The summed E-state index contributed by atoms with van der Waals surface area (Å²) in [7, 11) is -2.29. The number of aromatic nitrogens is 1. The molecule has 0 saturated heterocycles. The topological polar surface area (TPSA) is 146 Å². The number of likely N-dealkylation sites (N-methyl/N-ethyl adjacent to an activating group) is 1. The summed E-state index contributed by atoms with van der Waals surface area (Å²) in [4.78, 5) is 39.0. The fourth-order valence-corrected chi connectivity index (χ4v) is 3.77. The highest BCUT2D eigenvalue weighted by molar-refractivity contribution is 7.89. The van der Waals surface area contributed by atoms with E-state index in [0.29, 0.717) is 18.5 Å². The van der Waals surface area contributed by atoms with Gasteiger partial charge in [-0.1, -0.05) is 0 Å². The number of primary sulfonamides is 1. The van der Waals surface area contributed by atoms with Gasteiger partial charge in [-0.2, -0.15) is 0 Å². The molecule has 0 spiro atoms. The summed E-state index contributed by atoms with van der Waals surface area (Å²) < 4.78 is 24.0. The summed E-state index contributed by atoms with van der Waals surface area (Å²) in [6.45, 7) is 1.90. The van der Waals surface area contributed by atoms with Gasteiger partial charge < -0.3 is 10.6 Å². The zero-order valence-corrected chi connectivity index (χ0v) is 15.5. The Balaban J connectivity index is 2.35. The molecular formula is C17H18N4O5S. The number of hydrogen-bond acceptors (Lipinski definition) is 5. The van der Waals surface area contributed by atoms with Crippen LogP contribution < -0.4 is 16.4 Å². The van der Waals surface area contributed by atoms with E-state index < -0.39 is 21.5 Å². The Bertz CT molecular complexity index is 1130. The van der Waals surface area contributed by atoms with E-state index in [2.05, 4.69) is 0 Å². The lowest BCUT2D eigenvalue weighted by molar-refractivity contribution is 0.0779. The second kappa shape index (κ2) is 6.32. The zero-order valence-electron chi connectivity index (χ0n) is 14.7. The Morgan fingerprint density at radius 2 is 1.74 bits per heavy atom. The summed E-state index contributed by atoms with van der Waals surface area (Å²) in [6, 6.07) is 5.18. The molecule has 1 aliphatic heterocycles. The number of carbonyl (C=O) groups is 2. The van der Waals surface area contributed by atoms with Crippen LogP contribution in [0.1, 0.15) is 32.0 Å². The molecule has 2 aromatic rings. The number of rotatable bonds is 3. The van der Waals surface area contributed by atoms with Gasteiger partial charge >= 0.3 is 0 Å². The van der Waals surface area contributed by atoms with E-state index in [1.165, 1.54) is 36.1 Å². The first-order chi connectivity index (χ1) is 12.5. The largest absolute Gasteiger partial charge is 0.364 e. The van der Waals surface area contributed by atoms with Gasteiger partial charge in [-0.25, -0.2) is 13.6 Å². The van der Waals surface area contributed by atoms with Gasteiger partial charge in [-0.05, 0) is 43.2 Å². The number of sulfonamides is 1. The van der Waals surface area contributed by atoms with E-state index in [1.54, 1.807) is 7.05 Å². The average molecular weight is 390 g/mol. The van der Waals surface area contributed by atoms with Crippen LogP contribution in [-0.4, -0.2) is 43.3 Å². The number of fused-ring (bicyclic) bond motifs is 1. The van der Waals surface area contributed by atoms with Crippen LogP contribution in [0.3, 0.4) is 0 Å². The van der Waals surface area contributed by atoms with Crippen LogP contribution in [0, 0.1) is 6.92 Å². The Morgan fingerprint density at radius 1 is 1.15 bits per heavy atom. The molecule has 1 aromatic heterocycles. The second-order valence-electron chi connectivity index (χ2n) is 6.35. The molecule has 0 bridgehead atoms. The Kier molecular flexibility index (Phi) is 4.40. The van der Waals surface area contributed by atoms with Crippen molar-refractivity contribution in [1.82, 2.24) is 9.47 Å². The minimum Gasteiger partial charge on any atom is -0.364 e. The molecule has 0 fully saturated rings. The Morgan fingerprint density at radius 3 is 2.26 bits per heavy atom. The molecule has 9 nitrogen and oxygen atoms in total. The first kappa shape index (κ1) is 18.8. The predicted octanol–water partition coefficient (Wildman–Crippen LogP) is -0.480. The summed E-state index contributed by atoms with van der Waals surface area (Å²) in [5.74, 6) is -1.19. The molecule has 0 unspecified atom stereocenters. The molecule has 1 aliphatic rings. The lowest BCUT2D eigenvalue weighted by Gasteiger charge is -2.28. The van der Waals surface area contributed by atoms with Crippen molar-refractivity contribution in [3.63, 3.8) is 0 Å². The molecule has 2 amide bonds. The molecule has 142 valence electrons. The number of carbonyl (C=O) groups excluding carboxylic acids is 2. The second-order valence-corrected chi connectivity index (χ2v) is 7.91. The number of nitrogens with zero attached hydrogens (tertiary/aromatic N) is 2. The van der Waals surface area contributed by atoms with Gasteiger partial charge in [-0.15, -0.1) is 0 Å². The molecule has 2 heterocycles. The van der Waals surface area contributed by atoms with E-state index in [0.717, 1.165) is 4.57 Å². The van der Waals surface area contributed by atoms with Gasteiger partial charge in [0.1, 0.15) is 5.69 Å². The predicted molar refractivity (Wildman–Crippen MR) is 97.3 cm³/mol. The maximum atomic E-state index is 12.9. The molecule has 1 aromatic carbocycles. The van der Waals surface area contributed by atoms with Crippen molar-refractivity contribution < 1.29 is 18.0 Å². The van der Waals surface area contributed by atoms with Crippen LogP contribution in [0.2, 0.25) is 0 Å². The summed E-state index contributed by atoms with van der Waals surface area (Å²) in [6.07, 6.45) is 0.367. The number of pyridine rings is 1. The third-order valence-electron chi connectivity index (χ3n) is 4.62. The van der Waals surface area contributed by atoms with E-state index in [1.807, 2.05) is 0 Å². The van der Waals surface area contributed by atoms with Crippen LogP contribution in [0.4, 0.5) is 0 Å². The Hall–Kier alpha value is -2.98. The fraction of sp³-hybridized carbons (Fsp3) is 0.235.